The third-order valence-corrected chi connectivity index (χ3v) is 3.54. The highest BCUT2D eigenvalue weighted by Gasteiger charge is 2.09. The minimum Gasteiger partial charge on any atom is -0.497 e. The lowest BCUT2D eigenvalue weighted by atomic mass is 10.2. The Labute approximate surface area is 150 Å². The molecule has 0 aliphatic heterocycles. The topological polar surface area (TPSA) is 105 Å². The van der Waals surface area contributed by atoms with E-state index in [-0.39, 0.29) is 12.4 Å². The standard InChI is InChI=1S/C18H18N4O4/c1-23-14-7-3-12(4-8-14)17(19)22-25-11-16-20-21-18(26-16)13-5-9-15(24-2)10-6-13/h3-10H,11H2,1-2H3,(H2,19,22). The van der Waals surface area contributed by atoms with Crippen molar-refractivity contribution in [3.63, 3.8) is 0 Å². The lowest BCUT2D eigenvalue weighted by Gasteiger charge is -2.02. The number of methoxy groups -OCH3 is 2. The maximum Gasteiger partial charge on any atom is 0.257 e. The number of ether oxygens (including phenoxy) is 2. The molecule has 0 bridgehead atoms. The highest BCUT2D eigenvalue weighted by molar-refractivity contribution is 5.97. The number of aromatic nitrogens is 2. The fourth-order valence-corrected chi connectivity index (χ4v) is 2.13. The number of amidine groups is 1. The summed E-state index contributed by atoms with van der Waals surface area (Å²) < 4.78 is 15.8. The Morgan fingerprint density at radius 1 is 0.962 bits per heavy atom. The van der Waals surface area contributed by atoms with E-state index in [1.165, 1.54) is 0 Å². The van der Waals surface area contributed by atoms with Crippen LogP contribution in [-0.4, -0.2) is 30.3 Å². The Balaban J connectivity index is 1.60. The van der Waals surface area contributed by atoms with Crippen molar-refractivity contribution in [2.75, 3.05) is 14.2 Å². The van der Waals surface area contributed by atoms with Crippen LogP contribution >= 0.6 is 0 Å². The molecule has 8 heteroatoms. The normalized spacial score (nSPS) is 11.2. The summed E-state index contributed by atoms with van der Waals surface area (Å²) in [6.45, 7) is 0.0139. The molecule has 0 saturated carbocycles. The van der Waals surface area contributed by atoms with Crippen molar-refractivity contribution in [2.45, 2.75) is 6.61 Å². The molecular weight excluding hydrogens is 336 g/mol. The number of nitrogens with two attached hydrogens (primary N) is 1. The number of hydrogen-bond donors (Lipinski definition) is 1. The summed E-state index contributed by atoms with van der Waals surface area (Å²) >= 11 is 0. The summed E-state index contributed by atoms with van der Waals surface area (Å²) in [4.78, 5) is 5.19. The average Bonchev–Trinajstić information content (AvgIpc) is 3.17. The van der Waals surface area contributed by atoms with E-state index in [1.807, 2.05) is 24.3 Å². The van der Waals surface area contributed by atoms with Gasteiger partial charge >= 0.3 is 0 Å². The van der Waals surface area contributed by atoms with E-state index in [0.717, 1.165) is 22.6 Å². The average molecular weight is 354 g/mol. The number of hydrogen-bond acceptors (Lipinski definition) is 7. The second-order valence-corrected chi connectivity index (χ2v) is 5.21. The summed E-state index contributed by atoms with van der Waals surface area (Å²) in [5.74, 6) is 2.41. The van der Waals surface area contributed by atoms with Gasteiger partial charge in [0.05, 0.1) is 14.2 Å². The zero-order valence-electron chi connectivity index (χ0n) is 14.4. The largest absolute Gasteiger partial charge is 0.497 e. The summed E-state index contributed by atoms with van der Waals surface area (Å²) in [5, 5.41) is 11.8. The minimum absolute atomic E-state index is 0.0139. The van der Waals surface area contributed by atoms with E-state index < -0.39 is 0 Å². The van der Waals surface area contributed by atoms with Gasteiger partial charge in [-0.3, -0.25) is 0 Å². The van der Waals surface area contributed by atoms with Crippen LogP contribution < -0.4 is 15.2 Å². The second-order valence-electron chi connectivity index (χ2n) is 5.21. The quantitative estimate of drug-likeness (QED) is 0.395. The summed E-state index contributed by atoms with van der Waals surface area (Å²) in [6.07, 6.45) is 0. The lowest BCUT2D eigenvalue weighted by molar-refractivity contribution is 0.111. The van der Waals surface area contributed by atoms with Gasteiger partial charge in [-0.25, -0.2) is 0 Å². The molecule has 0 fully saturated rings. The first-order valence-corrected chi connectivity index (χ1v) is 7.76. The third kappa shape index (κ3) is 4.10. The lowest BCUT2D eigenvalue weighted by Crippen LogP contribution is -2.13. The van der Waals surface area contributed by atoms with Crippen molar-refractivity contribution < 1.29 is 18.7 Å². The van der Waals surface area contributed by atoms with Gasteiger partial charge in [0.2, 0.25) is 5.89 Å². The van der Waals surface area contributed by atoms with Crippen molar-refractivity contribution >= 4 is 5.84 Å². The summed E-state index contributed by atoms with van der Waals surface area (Å²) in [6, 6.07) is 14.4. The Hall–Kier alpha value is -3.55. The van der Waals surface area contributed by atoms with Crippen LogP contribution in [0.4, 0.5) is 0 Å². The van der Waals surface area contributed by atoms with E-state index in [2.05, 4.69) is 15.4 Å². The Morgan fingerprint density at radius 3 is 2.19 bits per heavy atom. The van der Waals surface area contributed by atoms with Gasteiger partial charge in [0.1, 0.15) is 11.5 Å². The van der Waals surface area contributed by atoms with Crippen molar-refractivity contribution in [1.29, 1.82) is 0 Å². The molecule has 2 aromatic carbocycles. The van der Waals surface area contributed by atoms with Crippen LogP contribution in [0, 0.1) is 0 Å². The first-order valence-electron chi connectivity index (χ1n) is 7.76. The third-order valence-electron chi connectivity index (χ3n) is 3.54. The van der Waals surface area contributed by atoms with E-state index >= 15 is 0 Å². The predicted octanol–water partition coefficient (Wildman–Crippen LogP) is 2.59. The van der Waals surface area contributed by atoms with Gasteiger partial charge in [0.15, 0.2) is 12.4 Å². The van der Waals surface area contributed by atoms with Crippen LogP contribution in [0.2, 0.25) is 0 Å². The summed E-state index contributed by atoms with van der Waals surface area (Å²) in [7, 11) is 3.20. The molecule has 1 heterocycles. The smallest absolute Gasteiger partial charge is 0.257 e. The molecule has 8 nitrogen and oxygen atoms in total. The molecule has 134 valence electrons. The maximum atomic E-state index is 5.88. The molecule has 0 spiro atoms. The van der Waals surface area contributed by atoms with E-state index in [1.54, 1.807) is 38.5 Å². The molecule has 3 rings (SSSR count). The second kappa shape index (κ2) is 8.02. The Bertz CT molecular complexity index is 873. The minimum atomic E-state index is 0.0139. The molecule has 3 aromatic rings. The molecule has 0 aliphatic rings. The van der Waals surface area contributed by atoms with Gasteiger partial charge in [-0.05, 0) is 48.5 Å². The first kappa shape index (κ1) is 17.3. The number of nitrogens with zero attached hydrogens (tertiary/aromatic N) is 3. The predicted molar refractivity (Wildman–Crippen MR) is 94.8 cm³/mol. The molecule has 0 amide bonds. The van der Waals surface area contributed by atoms with E-state index in [4.69, 9.17) is 24.5 Å². The Kier molecular flexibility index (Phi) is 5.33. The SMILES string of the molecule is COc1ccc(/C(N)=N/OCc2nnc(-c3ccc(OC)cc3)o2)cc1. The van der Waals surface area contributed by atoms with E-state index in [9.17, 15) is 0 Å². The number of oxime groups is 1. The molecule has 1 aromatic heterocycles. The van der Waals surface area contributed by atoms with E-state index in [0.29, 0.717) is 11.8 Å². The van der Waals surface area contributed by atoms with Crippen LogP contribution in [0.15, 0.2) is 58.1 Å². The molecule has 0 saturated heterocycles. The fourth-order valence-electron chi connectivity index (χ4n) is 2.13. The van der Waals surface area contributed by atoms with Crippen molar-refractivity contribution in [3.05, 3.63) is 60.0 Å². The highest BCUT2D eigenvalue weighted by atomic mass is 16.6. The zero-order chi connectivity index (χ0) is 18.4. The van der Waals surface area contributed by atoms with Crippen LogP contribution in [0.25, 0.3) is 11.5 Å². The van der Waals surface area contributed by atoms with Gasteiger partial charge in [-0.15, -0.1) is 10.2 Å². The summed E-state index contributed by atoms with van der Waals surface area (Å²) in [5.41, 5.74) is 7.38. The fraction of sp³-hybridized carbons (Fsp3) is 0.167. The molecule has 0 aliphatic carbocycles. The maximum absolute atomic E-state index is 5.88. The van der Waals surface area contributed by atoms with Gasteiger partial charge in [0, 0.05) is 11.1 Å². The van der Waals surface area contributed by atoms with Crippen molar-refractivity contribution in [2.24, 2.45) is 10.9 Å². The highest BCUT2D eigenvalue weighted by Crippen LogP contribution is 2.21. The van der Waals surface area contributed by atoms with Crippen LogP contribution in [0.1, 0.15) is 11.5 Å². The Morgan fingerprint density at radius 2 is 1.58 bits per heavy atom. The van der Waals surface area contributed by atoms with Crippen LogP contribution in [-0.2, 0) is 11.4 Å². The van der Waals surface area contributed by atoms with Gasteiger partial charge < -0.3 is 24.5 Å². The first-order chi connectivity index (χ1) is 12.7. The molecule has 26 heavy (non-hydrogen) atoms. The van der Waals surface area contributed by atoms with Gasteiger partial charge in [-0.1, -0.05) is 5.16 Å². The van der Waals surface area contributed by atoms with Crippen molar-refractivity contribution in [3.8, 4) is 23.0 Å². The van der Waals surface area contributed by atoms with Crippen LogP contribution in [0.5, 0.6) is 11.5 Å². The molecule has 0 atom stereocenters. The van der Waals surface area contributed by atoms with Crippen LogP contribution in [0.3, 0.4) is 0 Å². The zero-order valence-corrected chi connectivity index (χ0v) is 14.4. The van der Waals surface area contributed by atoms with Crippen molar-refractivity contribution in [1.82, 2.24) is 10.2 Å². The molecule has 0 radical (unpaired) electrons. The molecular formula is C18H18N4O4. The van der Waals surface area contributed by atoms with Gasteiger partial charge in [0.25, 0.3) is 5.89 Å². The monoisotopic (exact) mass is 354 g/mol. The molecule has 2 N–H and O–H groups in total. The number of rotatable bonds is 7. The molecule has 0 unspecified atom stereocenters. The van der Waals surface area contributed by atoms with Gasteiger partial charge in [-0.2, -0.15) is 0 Å². The number of benzene rings is 2.